The molecule has 0 bridgehead atoms. The summed E-state index contributed by atoms with van der Waals surface area (Å²) >= 11 is 0. The number of rotatable bonds is 0. The molecule has 4 heteroatoms. The summed E-state index contributed by atoms with van der Waals surface area (Å²) in [7, 11) is 0. The van der Waals surface area contributed by atoms with Gasteiger partial charge in [0.1, 0.15) is 0 Å². The lowest BCUT2D eigenvalue weighted by Gasteiger charge is -2.50. The van der Waals surface area contributed by atoms with Gasteiger partial charge in [-0.2, -0.15) is 4.98 Å². The molecular formula is C23H27N3O. The van der Waals surface area contributed by atoms with Crippen molar-refractivity contribution in [1.29, 1.82) is 0 Å². The Morgan fingerprint density at radius 1 is 1.11 bits per heavy atom. The van der Waals surface area contributed by atoms with E-state index in [1.54, 1.807) is 0 Å². The monoisotopic (exact) mass is 361 g/mol. The van der Waals surface area contributed by atoms with Crippen LogP contribution in [0.2, 0.25) is 0 Å². The van der Waals surface area contributed by atoms with E-state index in [4.69, 9.17) is 4.98 Å². The van der Waals surface area contributed by atoms with Crippen molar-refractivity contribution in [1.82, 2.24) is 14.4 Å². The van der Waals surface area contributed by atoms with Gasteiger partial charge in [0.05, 0.1) is 5.52 Å². The molecule has 0 radical (unpaired) electrons. The molecule has 0 aromatic carbocycles. The van der Waals surface area contributed by atoms with Crippen molar-refractivity contribution in [3.05, 3.63) is 51.7 Å². The van der Waals surface area contributed by atoms with Crippen molar-refractivity contribution in [2.75, 3.05) is 0 Å². The van der Waals surface area contributed by atoms with Gasteiger partial charge in [-0.3, -0.25) is 9.78 Å². The molecule has 1 fully saturated rings. The summed E-state index contributed by atoms with van der Waals surface area (Å²) in [4.78, 5) is 22.5. The molecule has 2 aliphatic rings. The maximum Gasteiger partial charge on any atom is 0.277 e. The maximum atomic E-state index is 13.1. The Morgan fingerprint density at radius 3 is 2.48 bits per heavy atom. The van der Waals surface area contributed by atoms with Gasteiger partial charge in [0.2, 0.25) is 0 Å². The highest BCUT2D eigenvalue weighted by Gasteiger charge is 2.62. The third-order valence-electron chi connectivity index (χ3n) is 7.57. The SMILES string of the molecule is CC(C)(C)c1ccc2c(ccn3c4c(c(=O)nc23)C2CCC2(C)C4(C)C)n1. The van der Waals surface area contributed by atoms with E-state index in [0.717, 1.165) is 39.9 Å². The van der Waals surface area contributed by atoms with Gasteiger partial charge in [0.15, 0.2) is 5.65 Å². The fraction of sp³-hybridized carbons (Fsp3) is 0.522. The van der Waals surface area contributed by atoms with Gasteiger partial charge in [-0.15, -0.1) is 0 Å². The first-order chi connectivity index (χ1) is 12.6. The van der Waals surface area contributed by atoms with Gasteiger partial charge in [-0.25, -0.2) is 0 Å². The Bertz CT molecular complexity index is 1180. The second kappa shape index (κ2) is 4.78. The van der Waals surface area contributed by atoms with Crippen molar-refractivity contribution in [2.45, 2.75) is 71.1 Å². The molecule has 0 N–H and O–H groups in total. The first-order valence-electron chi connectivity index (χ1n) is 9.93. The average molecular weight is 361 g/mol. The lowest BCUT2D eigenvalue weighted by Crippen LogP contribution is -2.44. The Hall–Kier alpha value is -2.23. The quantitative estimate of drug-likeness (QED) is 0.545. The summed E-state index contributed by atoms with van der Waals surface area (Å²) in [6, 6.07) is 6.22. The molecule has 1 saturated carbocycles. The second-order valence-corrected chi connectivity index (χ2v) is 10.2. The van der Waals surface area contributed by atoms with Crippen LogP contribution in [0.4, 0.5) is 0 Å². The van der Waals surface area contributed by atoms with Crippen LogP contribution < -0.4 is 5.56 Å². The zero-order valence-electron chi connectivity index (χ0n) is 17.1. The molecule has 3 heterocycles. The molecule has 4 nitrogen and oxygen atoms in total. The van der Waals surface area contributed by atoms with Crippen LogP contribution in [-0.4, -0.2) is 14.4 Å². The lowest BCUT2D eigenvalue weighted by atomic mass is 9.53. The van der Waals surface area contributed by atoms with Crippen LogP contribution >= 0.6 is 0 Å². The van der Waals surface area contributed by atoms with Crippen molar-refractivity contribution in [3.8, 4) is 0 Å². The van der Waals surface area contributed by atoms with Gasteiger partial charge >= 0.3 is 0 Å². The van der Waals surface area contributed by atoms with Crippen molar-refractivity contribution >= 4 is 16.6 Å². The molecule has 3 aromatic heterocycles. The standard InChI is InChI=1S/C23H27N3O/c1-21(2,3)16-8-7-13-15(24-16)10-12-26-18-17(20(27)25-19(13)26)14-9-11-23(14,6)22(18,4)5/h7-8,10,12,14H,9,11H2,1-6H3. The van der Waals surface area contributed by atoms with Crippen LogP contribution in [0, 0.1) is 5.41 Å². The Kier molecular flexibility index (Phi) is 2.99. The fourth-order valence-electron chi connectivity index (χ4n) is 5.39. The van der Waals surface area contributed by atoms with E-state index >= 15 is 0 Å². The number of hydrogen-bond donors (Lipinski definition) is 0. The van der Waals surface area contributed by atoms with Crippen LogP contribution in [0.25, 0.3) is 16.6 Å². The average Bonchev–Trinajstić information content (AvgIpc) is 2.70. The summed E-state index contributed by atoms with van der Waals surface area (Å²) in [5, 5.41) is 0.950. The van der Waals surface area contributed by atoms with E-state index in [0.29, 0.717) is 5.92 Å². The minimum atomic E-state index is -0.0529. The van der Waals surface area contributed by atoms with Gasteiger partial charge in [0, 0.05) is 39.4 Å². The molecule has 0 amide bonds. The number of nitrogens with zero attached hydrogens (tertiary/aromatic N) is 3. The highest BCUT2D eigenvalue weighted by molar-refractivity contribution is 5.91. The van der Waals surface area contributed by atoms with Crippen LogP contribution in [0.1, 0.15) is 77.3 Å². The molecule has 2 atom stereocenters. The minimum Gasteiger partial charge on any atom is -0.304 e. The molecule has 2 aliphatic carbocycles. The number of aromatic nitrogens is 3. The summed E-state index contributed by atoms with van der Waals surface area (Å²) < 4.78 is 2.17. The third-order valence-corrected chi connectivity index (χ3v) is 7.57. The molecule has 27 heavy (non-hydrogen) atoms. The molecule has 2 unspecified atom stereocenters. The largest absolute Gasteiger partial charge is 0.304 e. The number of pyridine rings is 2. The first kappa shape index (κ1) is 16.9. The summed E-state index contributed by atoms with van der Waals surface area (Å²) in [5.74, 6) is 0.344. The molecule has 140 valence electrons. The second-order valence-electron chi connectivity index (χ2n) is 10.2. The Labute approximate surface area is 159 Å². The van der Waals surface area contributed by atoms with Gasteiger partial charge in [-0.1, -0.05) is 41.5 Å². The Balaban J connectivity index is 1.87. The Morgan fingerprint density at radius 2 is 1.85 bits per heavy atom. The third kappa shape index (κ3) is 1.91. The highest BCUT2D eigenvalue weighted by atomic mass is 16.1. The molecule has 3 aromatic rings. The van der Waals surface area contributed by atoms with E-state index in [9.17, 15) is 4.79 Å². The van der Waals surface area contributed by atoms with Crippen molar-refractivity contribution < 1.29 is 0 Å². The van der Waals surface area contributed by atoms with E-state index in [1.807, 2.05) is 0 Å². The first-order valence-corrected chi connectivity index (χ1v) is 9.93. The highest BCUT2D eigenvalue weighted by Crippen LogP contribution is 2.67. The van der Waals surface area contributed by atoms with Crippen LogP contribution in [0.5, 0.6) is 0 Å². The van der Waals surface area contributed by atoms with Crippen LogP contribution in [-0.2, 0) is 10.8 Å². The summed E-state index contributed by atoms with van der Waals surface area (Å²) in [6.45, 7) is 13.4. The van der Waals surface area contributed by atoms with Crippen LogP contribution in [0.3, 0.4) is 0 Å². The molecule has 0 aliphatic heterocycles. The predicted molar refractivity (Wildman–Crippen MR) is 109 cm³/mol. The molecule has 5 rings (SSSR count). The smallest absolute Gasteiger partial charge is 0.277 e. The van der Waals surface area contributed by atoms with Gasteiger partial charge in [0.25, 0.3) is 5.56 Å². The zero-order chi connectivity index (χ0) is 19.4. The predicted octanol–water partition coefficient (Wildman–Crippen LogP) is 4.72. The zero-order valence-corrected chi connectivity index (χ0v) is 17.1. The van der Waals surface area contributed by atoms with Gasteiger partial charge < -0.3 is 4.40 Å². The van der Waals surface area contributed by atoms with E-state index < -0.39 is 0 Å². The summed E-state index contributed by atoms with van der Waals surface area (Å²) in [6.07, 6.45) is 4.34. The normalized spacial score (nSPS) is 26.1. The maximum absolute atomic E-state index is 13.1. The topological polar surface area (TPSA) is 47.3 Å². The van der Waals surface area contributed by atoms with Crippen LogP contribution in [0.15, 0.2) is 29.2 Å². The fourth-order valence-corrected chi connectivity index (χ4v) is 5.39. The number of fused-ring (bicyclic) bond motifs is 7. The van der Waals surface area contributed by atoms with Crippen molar-refractivity contribution in [2.24, 2.45) is 5.41 Å². The van der Waals surface area contributed by atoms with Gasteiger partial charge in [-0.05, 0) is 42.4 Å². The molecular weight excluding hydrogens is 334 g/mol. The van der Waals surface area contributed by atoms with E-state index in [-0.39, 0.29) is 21.8 Å². The lowest BCUT2D eigenvalue weighted by molar-refractivity contribution is 0.0506. The van der Waals surface area contributed by atoms with E-state index in [2.05, 4.69) is 75.3 Å². The summed E-state index contributed by atoms with van der Waals surface area (Å²) in [5.41, 5.74) is 4.84. The number of hydrogen-bond acceptors (Lipinski definition) is 3. The molecule has 0 saturated heterocycles. The van der Waals surface area contributed by atoms with E-state index in [1.165, 1.54) is 6.42 Å². The van der Waals surface area contributed by atoms with Crippen molar-refractivity contribution in [3.63, 3.8) is 0 Å². The minimum absolute atomic E-state index is 0.0128. The molecule has 0 spiro atoms.